The van der Waals surface area contributed by atoms with Gasteiger partial charge >= 0.3 is 0 Å². The topological polar surface area (TPSA) is 36.3 Å². The van der Waals surface area contributed by atoms with Crippen LogP contribution in [0, 0.1) is 11.3 Å². The van der Waals surface area contributed by atoms with E-state index in [1.807, 2.05) is 25.2 Å². The molecule has 0 saturated carbocycles. The smallest absolute Gasteiger partial charge is 0.103 e. The lowest BCUT2D eigenvalue weighted by atomic mass is 10.1. The number of hydrogen-bond donors (Lipinski definition) is 0. The summed E-state index contributed by atoms with van der Waals surface area (Å²) < 4.78 is 5.67. The highest BCUT2D eigenvalue weighted by Gasteiger charge is 2.19. The molecule has 1 unspecified atom stereocenters. The lowest BCUT2D eigenvalue weighted by Gasteiger charge is -2.24. The van der Waals surface area contributed by atoms with Crippen molar-refractivity contribution in [2.24, 2.45) is 0 Å². The number of ether oxygens (including phenoxy) is 1. The van der Waals surface area contributed by atoms with Crippen molar-refractivity contribution in [2.75, 3.05) is 30.9 Å². The largest absolute Gasteiger partial charge is 0.376 e. The Balaban J connectivity index is 2.18. The van der Waals surface area contributed by atoms with Gasteiger partial charge in [0, 0.05) is 25.1 Å². The molecule has 0 bridgehead atoms. The van der Waals surface area contributed by atoms with Crippen LogP contribution < -0.4 is 4.90 Å². The number of likely N-dealkylation sites (N-methyl/N-ethyl adjacent to an activating group) is 1. The van der Waals surface area contributed by atoms with E-state index in [2.05, 4.69) is 17.9 Å². The maximum absolute atomic E-state index is 9.41. The van der Waals surface area contributed by atoms with Crippen LogP contribution in [-0.4, -0.2) is 32.1 Å². The molecule has 0 spiro atoms. The monoisotopic (exact) mass is 276 g/mol. The summed E-state index contributed by atoms with van der Waals surface area (Å²) in [7, 11) is 2.04. The standard InChI is InChI=1S/C15H20N2OS/c1-3-19-15-8-4-7-14(13(15)10-16)17(2)11-12-6-5-9-18-12/h4,7-8,12H,3,5-6,9,11H2,1-2H3. The van der Waals surface area contributed by atoms with Gasteiger partial charge in [0.25, 0.3) is 0 Å². The van der Waals surface area contributed by atoms with Gasteiger partial charge in [0.1, 0.15) is 6.07 Å². The fourth-order valence-corrected chi connectivity index (χ4v) is 3.20. The number of hydrogen-bond acceptors (Lipinski definition) is 4. The summed E-state index contributed by atoms with van der Waals surface area (Å²) in [6.07, 6.45) is 2.57. The summed E-state index contributed by atoms with van der Waals surface area (Å²) in [5.74, 6) is 0.980. The van der Waals surface area contributed by atoms with Crippen LogP contribution in [-0.2, 0) is 4.74 Å². The third-order valence-electron chi connectivity index (χ3n) is 3.33. The van der Waals surface area contributed by atoms with Crippen molar-refractivity contribution in [1.29, 1.82) is 5.26 Å². The predicted molar refractivity (Wildman–Crippen MR) is 79.8 cm³/mol. The van der Waals surface area contributed by atoms with Gasteiger partial charge in [-0.2, -0.15) is 5.26 Å². The molecule has 1 fully saturated rings. The molecule has 0 aromatic heterocycles. The van der Waals surface area contributed by atoms with Crippen molar-refractivity contribution in [2.45, 2.75) is 30.8 Å². The van der Waals surface area contributed by atoms with Gasteiger partial charge in [0.15, 0.2) is 0 Å². The highest BCUT2D eigenvalue weighted by molar-refractivity contribution is 7.99. The highest BCUT2D eigenvalue weighted by atomic mass is 32.2. The zero-order chi connectivity index (χ0) is 13.7. The second kappa shape index (κ2) is 6.83. The number of benzene rings is 1. The number of nitrogens with zero attached hydrogens (tertiary/aromatic N) is 2. The first-order valence-corrected chi connectivity index (χ1v) is 7.73. The van der Waals surface area contributed by atoms with Crippen molar-refractivity contribution in [1.82, 2.24) is 0 Å². The zero-order valence-electron chi connectivity index (χ0n) is 11.6. The Labute approximate surface area is 119 Å². The number of thioether (sulfide) groups is 1. The minimum absolute atomic E-state index is 0.305. The van der Waals surface area contributed by atoms with E-state index in [4.69, 9.17) is 4.74 Å². The second-order valence-corrected chi connectivity index (χ2v) is 6.02. The van der Waals surface area contributed by atoms with Gasteiger partial charge in [0.2, 0.25) is 0 Å². The molecule has 1 saturated heterocycles. The molecule has 4 heteroatoms. The molecule has 1 atom stereocenters. The number of nitriles is 1. The van der Waals surface area contributed by atoms with Crippen molar-refractivity contribution in [3.05, 3.63) is 23.8 Å². The normalized spacial score (nSPS) is 18.3. The molecule has 1 aromatic rings. The highest BCUT2D eigenvalue weighted by Crippen LogP contribution is 2.30. The Morgan fingerprint density at radius 2 is 2.37 bits per heavy atom. The Morgan fingerprint density at radius 1 is 1.53 bits per heavy atom. The van der Waals surface area contributed by atoms with Gasteiger partial charge in [-0.25, -0.2) is 0 Å². The van der Waals surface area contributed by atoms with Crippen LogP contribution in [0.25, 0.3) is 0 Å². The average molecular weight is 276 g/mol. The summed E-state index contributed by atoms with van der Waals surface area (Å²) in [5, 5.41) is 9.41. The summed E-state index contributed by atoms with van der Waals surface area (Å²) in [5.41, 5.74) is 1.80. The maximum atomic E-state index is 9.41. The molecule has 1 heterocycles. The number of anilines is 1. The van der Waals surface area contributed by atoms with Crippen molar-refractivity contribution in [3.63, 3.8) is 0 Å². The van der Waals surface area contributed by atoms with Gasteiger partial charge in [-0.1, -0.05) is 13.0 Å². The molecule has 0 N–H and O–H groups in total. The van der Waals surface area contributed by atoms with Gasteiger partial charge in [-0.15, -0.1) is 11.8 Å². The Morgan fingerprint density at radius 3 is 3.00 bits per heavy atom. The molecule has 2 rings (SSSR count). The molecule has 0 radical (unpaired) electrons. The van der Waals surface area contributed by atoms with Crippen LogP contribution in [0.1, 0.15) is 25.3 Å². The molecule has 3 nitrogen and oxygen atoms in total. The Bertz CT molecular complexity index is 464. The first kappa shape index (κ1) is 14.2. The minimum atomic E-state index is 0.305. The van der Waals surface area contributed by atoms with Gasteiger partial charge in [0.05, 0.1) is 17.4 Å². The van der Waals surface area contributed by atoms with E-state index >= 15 is 0 Å². The number of rotatable bonds is 5. The summed E-state index contributed by atoms with van der Waals surface area (Å²) in [4.78, 5) is 3.22. The molecule has 102 valence electrons. The maximum Gasteiger partial charge on any atom is 0.103 e. The van der Waals surface area contributed by atoms with Gasteiger partial charge in [-0.3, -0.25) is 0 Å². The Kier molecular flexibility index (Phi) is 5.12. The van der Waals surface area contributed by atoms with Crippen LogP contribution in [0.15, 0.2) is 23.1 Å². The van der Waals surface area contributed by atoms with Crippen molar-refractivity contribution < 1.29 is 4.74 Å². The molecule has 0 amide bonds. The lowest BCUT2D eigenvalue weighted by molar-refractivity contribution is 0.116. The second-order valence-electron chi connectivity index (χ2n) is 4.71. The van der Waals surface area contributed by atoms with Crippen molar-refractivity contribution >= 4 is 17.4 Å². The molecule has 1 aromatic carbocycles. The van der Waals surface area contributed by atoms with E-state index in [1.165, 1.54) is 0 Å². The van der Waals surface area contributed by atoms with E-state index < -0.39 is 0 Å². The molecule has 1 aliphatic rings. The average Bonchev–Trinajstić information content (AvgIpc) is 2.91. The van der Waals surface area contributed by atoms with E-state index in [9.17, 15) is 5.26 Å². The van der Waals surface area contributed by atoms with Crippen LogP contribution >= 0.6 is 11.8 Å². The van der Waals surface area contributed by atoms with E-state index in [1.54, 1.807) is 11.8 Å². The third-order valence-corrected chi connectivity index (χ3v) is 4.27. The minimum Gasteiger partial charge on any atom is -0.376 e. The summed E-state index contributed by atoms with van der Waals surface area (Å²) in [6.45, 7) is 3.83. The summed E-state index contributed by atoms with van der Waals surface area (Å²) >= 11 is 1.72. The lowest BCUT2D eigenvalue weighted by Crippen LogP contribution is -2.29. The van der Waals surface area contributed by atoms with E-state index in [0.29, 0.717) is 6.10 Å². The summed E-state index contributed by atoms with van der Waals surface area (Å²) in [6, 6.07) is 8.42. The fourth-order valence-electron chi connectivity index (χ4n) is 2.42. The first-order valence-electron chi connectivity index (χ1n) is 6.75. The van der Waals surface area contributed by atoms with E-state index in [0.717, 1.165) is 47.9 Å². The third kappa shape index (κ3) is 3.43. The molecule has 1 aliphatic heterocycles. The predicted octanol–water partition coefficient (Wildman–Crippen LogP) is 3.29. The van der Waals surface area contributed by atoms with Crippen LogP contribution in [0.5, 0.6) is 0 Å². The molecule has 0 aliphatic carbocycles. The van der Waals surface area contributed by atoms with Crippen molar-refractivity contribution in [3.8, 4) is 6.07 Å². The van der Waals surface area contributed by atoms with Gasteiger partial charge in [-0.05, 0) is 30.7 Å². The first-order chi connectivity index (χ1) is 9.26. The zero-order valence-corrected chi connectivity index (χ0v) is 12.4. The quantitative estimate of drug-likeness (QED) is 0.773. The SMILES string of the molecule is CCSc1cccc(N(C)CC2CCCO2)c1C#N. The van der Waals surface area contributed by atoms with Crippen LogP contribution in [0.4, 0.5) is 5.69 Å². The van der Waals surface area contributed by atoms with E-state index in [-0.39, 0.29) is 0 Å². The van der Waals surface area contributed by atoms with Crippen LogP contribution in [0.3, 0.4) is 0 Å². The fraction of sp³-hybridized carbons (Fsp3) is 0.533. The molecule has 19 heavy (non-hydrogen) atoms. The molecular weight excluding hydrogens is 256 g/mol. The Hall–Kier alpha value is -1.18. The van der Waals surface area contributed by atoms with Gasteiger partial charge < -0.3 is 9.64 Å². The van der Waals surface area contributed by atoms with Crippen LogP contribution in [0.2, 0.25) is 0 Å². The molecular formula is C15H20N2OS.